The van der Waals surface area contributed by atoms with E-state index in [2.05, 4.69) is 5.32 Å². The molecule has 1 aromatic rings. The first kappa shape index (κ1) is 13.0. The van der Waals surface area contributed by atoms with Crippen LogP contribution in [0.25, 0.3) is 0 Å². The molecule has 0 radical (unpaired) electrons. The average molecular weight is 269 g/mol. The van der Waals surface area contributed by atoms with Gasteiger partial charge in [0.05, 0.1) is 15.7 Å². The summed E-state index contributed by atoms with van der Waals surface area (Å²) in [5.41, 5.74) is 0.0965. The molecular formula is C12H15NO4S. The van der Waals surface area contributed by atoms with Gasteiger partial charge in [-0.15, -0.1) is 0 Å². The van der Waals surface area contributed by atoms with E-state index in [9.17, 15) is 13.2 Å². The summed E-state index contributed by atoms with van der Waals surface area (Å²) in [5, 5.41) is 11.5. The van der Waals surface area contributed by atoms with Gasteiger partial charge in [0.25, 0.3) is 0 Å². The highest BCUT2D eigenvalue weighted by molar-refractivity contribution is 7.92. The van der Waals surface area contributed by atoms with Gasteiger partial charge in [-0.05, 0) is 50.2 Å². The third kappa shape index (κ3) is 2.54. The van der Waals surface area contributed by atoms with Crippen molar-refractivity contribution in [3.8, 4) is 0 Å². The Bertz CT molecular complexity index is 530. The summed E-state index contributed by atoms with van der Waals surface area (Å²) in [6.45, 7) is 1.41. The van der Waals surface area contributed by atoms with Crippen LogP contribution in [-0.2, 0) is 9.84 Å². The Balaban J connectivity index is 2.26. The molecule has 6 heteroatoms. The maximum absolute atomic E-state index is 12.3. The molecule has 18 heavy (non-hydrogen) atoms. The van der Waals surface area contributed by atoms with Crippen LogP contribution in [0.3, 0.4) is 0 Å². The first-order chi connectivity index (χ1) is 8.51. The fraction of sp³-hybridized carbons (Fsp3) is 0.417. The number of hydrogen-bond donors (Lipinski definition) is 2. The molecule has 1 heterocycles. The predicted octanol–water partition coefficient (Wildman–Crippen LogP) is 0.910. The summed E-state index contributed by atoms with van der Waals surface area (Å²) in [6, 6.07) is 5.41. The van der Waals surface area contributed by atoms with Gasteiger partial charge in [-0.25, -0.2) is 13.2 Å². The normalized spacial score (nSPS) is 17.6. The second-order valence-electron chi connectivity index (χ2n) is 4.32. The molecule has 2 rings (SSSR count). The third-order valence-corrected chi connectivity index (χ3v) is 5.43. The van der Waals surface area contributed by atoms with E-state index in [0.29, 0.717) is 25.9 Å². The minimum Gasteiger partial charge on any atom is -0.478 e. The van der Waals surface area contributed by atoms with Crippen LogP contribution in [0.2, 0.25) is 0 Å². The molecule has 1 aromatic carbocycles. The van der Waals surface area contributed by atoms with Gasteiger partial charge in [-0.2, -0.15) is 0 Å². The Morgan fingerprint density at radius 1 is 1.17 bits per heavy atom. The van der Waals surface area contributed by atoms with Gasteiger partial charge in [0.1, 0.15) is 0 Å². The van der Waals surface area contributed by atoms with Crippen molar-refractivity contribution in [2.45, 2.75) is 23.0 Å². The topological polar surface area (TPSA) is 83.5 Å². The van der Waals surface area contributed by atoms with Crippen LogP contribution in [0.5, 0.6) is 0 Å². The number of nitrogens with one attached hydrogen (secondary N) is 1. The maximum atomic E-state index is 12.3. The summed E-state index contributed by atoms with van der Waals surface area (Å²) in [7, 11) is -3.34. The molecule has 1 aliphatic heterocycles. The van der Waals surface area contributed by atoms with Gasteiger partial charge in [0.2, 0.25) is 0 Å². The number of carboxylic acid groups (broad SMARTS) is 1. The second kappa shape index (κ2) is 5.07. The fourth-order valence-electron chi connectivity index (χ4n) is 2.09. The van der Waals surface area contributed by atoms with Crippen LogP contribution in [0.1, 0.15) is 23.2 Å². The molecule has 0 bridgehead atoms. The largest absolute Gasteiger partial charge is 0.478 e. The molecule has 98 valence electrons. The number of aromatic carboxylic acids is 1. The molecule has 0 aliphatic carbocycles. The Labute approximate surface area is 106 Å². The van der Waals surface area contributed by atoms with Crippen molar-refractivity contribution in [3.05, 3.63) is 29.8 Å². The zero-order chi connectivity index (χ0) is 13.2. The second-order valence-corrected chi connectivity index (χ2v) is 6.55. The summed E-state index contributed by atoms with van der Waals surface area (Å²) >= 11 is 0. The number of hydrogen-bond acceptors (Lipinski definition) is 4. The van der Waals surface area contributed by atoms with E-state index in [0.717, 1.165) is 0 Å². The maximum Gasteiger partial charge on any atom is 0.335 e. The van der Waals surface area contributed by atoms with Crippen LogP contribution >= 0.6 is 0 Å². The molecule has 5 nitrogen and oxygen atoms in total. The highest BCUT2D eigenvalue weighted by Crippen LogP contribution is 2.22. The molecule has 2 N–H and O–H groups in total. The van der Waals surface area contributed by atoms with Crippen LogP contribution in [0.4, 0.5) is 0 Å². The SMILES string of the molecule is O=C(O)c1ccc(S(=O)(=O)C2CCNCC2)cc1. The fourth-order valence-corrected chi connectivity index (χ4v) is 3.84. The van der Waals surface area contributed by atoms with Gasteiger partial charge in [-0.1, -0.05) is 0 Å². The zero-order valence-electron chi connectivity index (χ0n) is 9.80. The summed E-state index contributed by atoms with van der Waals surface area (Å²) in [4.78, 5) is 10.9. The van der Waals surface area contributed by atoms with Gasteiger partial charge in [-0.3, -0.25) is 0 Å². The molecule has 0 spiro atoms. The molecule has 0 saturated carbocycles. The molecule has 0 unspecified atom stereocenters. The van der Waals surface area contributed by atoms with Crippen molar-refractivity contribution in [2.24, 2.45) is 0 Å². The van der Waals surface area contributed by atoms with E-state index in [1.807, 2.05) is 0 Å². The van der Waals surface area contributed by atoms with Crippen molar-refractivity contribution in [1.29, 1.82) is 0 Å². The molecule has 1 aliphatic rings. The smallest absolute Gasteiger partial charge is 0.335 e. The van der Waals surface area contributed by atoms with Crippen molar-refractivity contribution < 1.29 is 18.3 Å². The van der Waals surface area contributed by atoms with Crippen molar-refractivity contribution in [2.75, 3.05) is 13.1 Å². The van der Waals surface area contributed by atoms with Crippen molar-refractivity contribution in [1.82, 2.24) is 5.32 Å². The molecule has 0 amide bonds. The van der Waals surface area contributed by atoms with Crippen LogP contribution in [0.15, 0.2) is 29.2 Å². The molecule has 1 fully saturated rings. The Kier molecular flexibility index (Phi) is 3.68. The van der Waals surface area contributed by atoms with Crippen LogP contribution in [-0.4, -0.2) is 37.8 Å². The molecule has 1 saturated heterocycles. The lowest BCUT2D eigenvalue weighted by molar-refractivity contribution is 0.0697. The quantitative estimate of drug-likeness (QED) is 0.852. The highest BCUT2D eigenvalue weighted by atomic mass is 32.2. The highest BCUT2D eigenvalue weighted by Gasteiger charge is 2.28. The monoisotopic (exact) mass is 269 g/mol. The Morgan fingerprint density at radius 3 is 2.22 bits per heavy atom. The van der Waals surface area contributed by atoms with E-state index < -0.39 is 15.8 Å². The summed E-state index contributed by atoms with van der Waals surface area (Å²) in [5.74, 6) is -1.05. The van der Waals surface area contributed by atoms with E-state index in [1.165, 1.54) is 24.3 Å². The average Bonchev–Trinajstić information content (AvgIpc) is 2.40. The molecule has 0 aromatic heterocycles. The van der Waals surface area contributed by atoms with Gasteiger partial charge < -0.3 is 10.4 Å². The standard InChI is InChI=1S/C12H15NO4S/c14-12(15)9-1-3-10(4-2-9)18(16,17)11-5-7-13-8-6-11/h1-4,11,13H,5-8H2,(H,14,15). The van der Waals surface area contributed by atoms with E-state index in [4.69, 9.17) is 5.11 Å². The number of carboxylic acids is 1. The number of rotatable bonds is 3. The van der Waals surface area contributed by atoms with Crippen molar-refractivity contribution >= 4 is 15.8 Å². The first-order valence-corrected chi connectivity index (χ1v) is 7.34. The van der Waals surface area contributed by atoms with Crippen LogP contribution < -0.4 is 5.32 Å². The zero-order valence-corrected chi connectivity index (χ0v) is 10.6. The number of benzene rings is 1. The van der Waals surface area contributed by atoms with Gasteiger partial charge in [0, 0.05) is 0 Å². The summed E-state index contributed by atoms with van der Waals surface area (Å²) in [6.07, 6.45) is 1.20. The minimum absolute atomic E-state index is 0.0965. The number of carbonyl (C=O) groups is 1. The summed E-state index contributed by atoms with van der Waals surface area (Å²) < 4.78 is 24.6. The van der Waals surface area contributed by atoms with Crippen molar-refractivity contribution in [3.63, 3.8) is 0 Å². The van der Waals surface area contributed by atoms with Crippen LogP contribution in [0, 0.1) is 0 Å². The lowest BCUT2D eigenvalue weighted by Crippen LogP contribution is -2.35. The molecular weight excluding hydrogens is 254 g/mol. The lowest BCUT2D eigenvalue weighted by atomic mass is 10.2. The van der Waals surface area contributed by atoms with E-state index in [1.54, 1.807) is 0 Å². The number of sulfone groups is 1. The van der Waals surface area contributed by atoms with E-state index in [-0.39, 0.29) is 15.7 Å². The molecule has 0 atom stereocenters. The lowest BCUT2D eigenvalue weighted by Gasteiger charge is -2.22. The number of piperidine rings is 1. The third-order valence-electron chi connectivity index (χ3n) is 3.15. The van der Waals surface area contributed by atoms with E-state index >= 15 is 0 Å². The predicted molar refractivity (Wildman–Crippen MR) is 66.5 cm³/mol. The van der Waals surface area contributed by atoms with Gasteiger partial charge >= 0.3 is 5.97 Å². The van der Waals surface area contributed by atoms with Gasteiger partial charge in [0.15, 0.2) is 9.84 Å². The minimum atomic E-state index is -3.34. The Hall–Kier alpha value is -1.40. The Morgan fingerprint density at radius 2 is 1.72 bits per heavy atom. The first-order valence-electron chi connectivity index (χ1n) is 5.80.